The molecule has 2 saturated heterocycles. The number of rotatable bonds is 1. The molecule has 0 aromatic rings. The molecular weight excluding hydrogens is 134 g/mol. The molecule has 64 valence electrons. The van der Waals surface area contributed by atoms with Crippen molar-refractivity contribution >= 4 is 0 Å². The van der Waals surface area contributed by atoms with Gasteiger partial charge in [-0.1, -0.05) is 6.92 Å². The van der Waals surface area contributed by atoms with Crippen LogP contribution >= 0.6 is 0 Å². The molecule has 2 heterocycles. The van der Waals surface area contributed by atoms with E-state index in [-0.39, 0.29) is 0 Å². The van der Waals surface area contributed by atoms with Gasteiger partial charge in [0.15, 0.2) is 0 Å². The van der Waals surface area contributed by atoms with Crippen molar-refractivity contribution in [3.05, 3.63) is 0 Å². The van der Waals surface area contributed by atoms with Gasteiger partial charge in [-0.15, -0.1) is 0 Å². The highest BCUT2D eigenvalue weighted by molar-refractivity contribution is 4.94. The molecule has 1 nitrogen and oxygen atoms in total. The average Bonchev–Trinajstić information content (AvgIpc) is 2.37. The molecule has 0 atom stereocenters. The molecule has 11 heavy (non-hydrogen) atoms. The predicted octanol–water partition coefficient (Wildman–Crippen LogP) is 2.32. The van der Waals surface area contributed by atoms with E-state index in [2.05, 4.69) is 12.2 Å². The number of hydrogen-bond acceptors (Lipinski definition) is 1. The molecule has 0 aromatic carbocycles. The summed E-state index contributed by atoms with van der Waals surface area (Å²) in [5.74, 6) is 1.06. The summed E-state index contributed by atoms with van der Waals surface area (Å²) in [6.45, 7) is 3.61. The molecule has 0 unspecified atom stereocenters. The SMILES string of the molecule is CCC12CCC(CCN1)CC2. The van der Waals surface area contributed by atoms with Crippen LogP contribution in [0.3, 0.4) is 0 Å². The van der Waals surface area contributed by atoms with E-state index in [4.69, 9.17) is 0 Å². The van der Waals surface area contributed by atoms with Crippen molar-refractivity contribution in [3.8, 4) is 0 Å². The van der Waals surface area contributed by atoms with E-state index in [1.54, 1.807) is 0 Å². The average molecular weight is 153 g/mol. The highest BCUT2D eigenvalue weighted by atomic mass is 15.0. The molecule has 1 aliphatic carbocycles. The standard InChI is InChI=1S/C10H19N/c1-2-10-6-3-9(4-7-10)5-8-11-10/h9,11H,2-8H2,1H3. The van der Waals surface area contributed by atoms with Crippen LogP contribution in [0.1, 0.15) is 45.4 Å². The molecule has 3 rings (SSSR count). The Bertz CT molecular complexity index is 128. The zero-order chi connectivity index (χ0) is 7.73. The third kappa shape index (κ3) is 1.31. The molecule has 1 N–H and O–H groups in total. The van der Waals surface area contributed by atoms with Gasteiger partial charge in [0.1, 0.15) is 0 Å². The predicted molar refractivity (Wildman–Crippen MR) is 47.6 cm³/mol. The van der Waals surface area contributed by atoms with Crippen LogP contribution in [-0.4, -0.2) is 12.1 Å². The van der Waals surface area contributed by atoms with Crippen LogP contribution in [0.4, 0.5) is 0 Å². The normalized spacial score (nSPS) is 43.9. The summed E-state index contributed by atoms with van der Waals surface area (Å²) in [6.07, 6.45) is 8.62. The zero-order valence-corrected chi connectivity index (χ0v) is 7.53. The summed E-state index contributed by atoms with van der Waals surface area (Å²) < 4.78 is 0. The van der Waals surface area contributed by atoms with E-state index >= 15 is 0 Å². The minimum absolute atomic E-state index is 0.562. The quantitative estimate of drug-likeness (QED) is 0.609. The van der Waals surface area contributed by atoms with Crippen LogP contribution in [0.15, 0.2) is 0 Å². The fourth-order valence-corrected chi connectivity index (χ4v) is 2.72. The summed E-state index contributed by atoms with van der Waals surface area (Å²) in [6, 6.07) is 0. The van der Waals surface area contributed by atoms with Gasteiger partial charge in [-0.3, -0.25) is 0 Å². The van der Waals surface area contributed by atoms with Gasteiger partial charge in [0, 0.05) is 5.54 Å². The first-order valence-corrected chi connectivity index (χ1v) is 5.10. The first-order valence-electron chi connectivity index (χ1n) is 5.10. The lowest BCUT2D eigenvalue weighted by molar-refractivity contribution is 0.225. The van der Waals surface area contributed by atoms with Crippen LogP contribution in [0.25, 0.3) is 0 Å². The van der Waals surface area contributed by atoms with Crippen molar-refractivity contribution in [2.45, 2.75) is 51.0 Å². The first-order chi connectivity index (χ1) is 5.35. The number of nitrogens with one attached hydrogen (secondary N) is 1. The van der Waals surface area contributed by atoms with Crippen molar-refractivity contribution in [1.29, 1.82) is 0 Å². The largest absolute Gasteiger partial charge is 0.311 e. The summed E-state index contributed by atoms with van der Waals surface area (Å²) in [7, 11) is 0. The minimum Gasteiger partial charge on any atom is -0.311 e. The maximum atomic E-state index is 3.74. The minimum atomic E-state index is 0.562. The van der Waals surface area contributed by atoms with Gasteiger partial charge in [-0.2, -0.15) is 0 Å². The van der Waals surface area contributed by atoms with Crippen LogP contribution in [-0.2, 0) is 0 Å². The maximum absolute atomic E-state index is 3.74. The lowest BCUT2D eigenvalue weighted by Gasteiger charge is -2.36. The van der Waals surface area contributed by atoms with E-state index in [1.807, 2.05) is 0 Å². The molecule has 0 radical (unpaired) electrons. The number of fused-ring (bicyclic) bond motifs is 4. The molecule has 1 heteroatoms. The van der Waals surface area contributed by atoms with Crippen LogP contribution in [0.5, 0.6) is 0 Å². The highest BCUT2D eigenvalue weighted by Crippen LogP contribution is 2.38. The molecule has 2 bridgehead atoms. The summed E-state index contributed by atoms with van der Waals surface area (Å²) in [5.41, 5.74) is 0.562. The zero-order valence-electron chi connectivity index (χ0n) is 7.53. The summed E-state index contributed by atoms with van der Waals surface area (Å²) in [4.78, 5) is 0. The van der Waals surface area contributed by atoms with Gasteiger partial charge in [0.25, 0.3) is 0 Å². The van der Waals surface area contributed by atoms with Gasteiger partial charge in [0.05, 0.1) is 0 Å². The summed E-state index contributed by atoms with van der Waals surface area (Å²) in [5, 5.41) is 3.74. The topological polar surface area (TPSA) is 12.0 Å². The van der Waals surface area contributed by atoms with Crippen molar-refractivity contribution in [3.63, 3.8) is 0 Å². The van der Waals surface area contributed by atoms with E-state index in [1.165, 1.54) is 45.1 Å². The fraction of sp³-hybridized carbons (Fsp3) is 1.00. The first kappa shape index (κ1) is 7.60. The second-order valence-corrected chi connectivity index (χ2v) is 4.29. The molecular formula is C10H19N. The number of hydrogen-bond donors (Lipinski definition) is 1. The lowest BCUT2D eigenvalue weighted by Crippen LogP contribution is -2.44. The van der Waals surface area contributed by atoms with E-state index in [0.29, 0.717) is 5.54 Å². The van der Waals surface area contributed by atoms with Gasteiger partial charge in [-0.05, 0) is 51.0 Å². The molecule has 2 aliphatic heterocycles. The second kappa shape index (κ2) is 2.78. The Morgan fingerprint density at radius 2 is 2.00 bits per heavy atom. The Balaban J connectivity index is 2.10. The Kier molecular flexibility index (Phi) is 1.92. The smallest absolute Gasteiger partial charge is 0.0179 e. The summed E-state index contributed by atoms with van der Waals surface area (Å²) >= 11 is 0. The van der Waals surface area contributed by atoms with E-state index < -0.39 is 0 Å². The van der Waals surface area contributed by atoms with Crippen molar-refractivity contribution in [2.75, 3.05) is 6.54 Å². The van der Waals surface area contributed by atoms with Crippen LogP contribution in [0.2, 0.25) is 0 Å². The van der Waals surface area contributed by atoms with Gasteiger partial charge < -0.3 is 5.32 Å². The monoisotopic (exact) mass is 153 g/mol. The Morgan fingerprint density at radius 1 is 1.27 bits per heavy atom. The molecule has 3 aliphatic rings. The Labute approximate surface area is 69.6 Å². The third-order valence-electron chi connectivity index (χ3n) is 3.79. The van der Waals surface area contributed by atoms with E-state index in [9.17, 15) is 0 Å². The second-order valence-electron chi connectivity index (χ2n) is 4.29. The van der Waals surface area contributed by atoms with Gasteiger partial charge in [0.2, 0.25) is 0 Å². The van der Waals surface area contributed by atoms with Crippen LogP contribution in [0, 0.1) is 5.92 Å². The molecule has 3 fully saturated rings. The molecule has 0 spiro atoms. The molecule has 1 saturated carbocycles. The highest BCUT2D eigenvalue weighted by Gasteiger charge is 2.35. The van der Waals surface area contributed by atoms with Gasteiger partial charge in [-0.25, -0.2) is 0 Å². The van der Waals surface area contributed by atoms with Crippen molar-refractivity contribution in [1.82, 2.24) is 5.32 Å². The van der Waals surface area contributed by atoms with Gasteiger partial charge >= 0.3 is 0 Å². The lowest BCUT2D eigenvalue weighted by atomic mass is 9.76. The van der Waals surface area contributed by atoms with Crippen LogP contribution < -0.4 is 5.32 Å². The maximum Gasteiger partial charge on any atom is 0.0179 e. The van der Waals surface area contributed by atoms with E-state index in [0.717, 1.165) is 5.92 Å². The Morgan fingerprint density at radius 3 is 2.64 bits per heavy atom. The van der Waals surface area contributed by atoms with Crippen molar-refractivity contribution in [2.24, 2.45) is 5.92 Å². The molecule has 0 aromatic heterocycles. The third-order valence-corrected chi connectivity index (χ3v) is 3.79. The Hall–Kier alpha value is -0.0400. The fourth-order valence-electron chi connectivity index (χ4n) is 2.72. The van der Waals surface area contributed by atoms with Crippen molar-refractivity contribution < 1.29 is 0 Å². The molecule has 0 amide bonds.